The highest BCUT2D eigenvalue weighted by molar-refractivity contribution is 6.02. The molecule has 2 aromatic rings. The van der Waals surface area contributed by atoms with E-state index in [2.05, 4.69) is 5.32 Å². The molecule has 1 aliphatic carbocycles. The van der Waals surface area contributed by atoms with Gasteiger partial charge in [0.05, 0.1) is 16.1 Å². The quantitative estimate of drug-likeness (QED) is 0.683. The summed E-state index contributed by atoms with van der Waals surface area (Å²) in [6.07, 6.45) is 5.22. The highest BCUT2D eigenvalue weighted by atomic mass is 16.6. The summed E-state index contributed by atoms with van der Waals surface area (Å²) in [6, 6.07) is 14.3. The van der Waals surface area contributed by atoms with Gasteiger partial charge < -0.3 is 10.2 Å². The molecule has 6 nitrogen and oxygen atoms in total. The van der Waals surface area contributed by atoms with Crippen molar-refractivity contribution in [2.45, 2.75) is 25.0 Å². The van der Waals surface area contributed by atoms with E-state index in [1.54, 1.807) is 24.3 Å². The summed E-state index contributed by atoms with van der Waals surface area (Å²) in [7, 11) is 0. The topological polar surface area (TPSA) is 75.5 Å². The van der Waals surface area contributed by atoms with Crippen molar-refractivity contribution in [3.05, 3.63) is 75.8 Å². The molecule has 25 heavy (non-hydrogen) atoms. The van der Waals surface area contributed by atoms with Gasteiger partial charge in [-0.05, 0) is 43.2 Å². The van der Waals surface area contributed by atoms with E-state index in [9.17, 15) is 14.9 Å². The number of nitro groups is 1. The van der Waals surface area contributed by atoms with E-state index >= 15 is 0 Å². The summed E-state index contributed by atoms with van der Waals surface area (Å²) in [4.78, 5) is 25.4. The predicted octanol–water partition coefficient (Wildman–Crippen LogP) is 3.66. The Kier molecular flexibility index (Phi) is 3.72. The second-order valence-electron chi connectivity index (χ2n) is 6.25. The lowest BCUT2D eigenvalue weighted by atomic mass is 10.1. The van der Waals surface area contributed by atoms with Crippen molar-refractivity contribution in [2.24, 2.45) is 0 Å². The van der Waals surface area contributed by atoms with Crippen LogP contribution in [0.5, 0.6) is 0 Å². The minimum atomic E-state index is -0.396. The SMILES string of the molecule is O=C1c2ccccc2N[C@@H](/C=C/c2ccccc2[N+](=O)[O-])N1C1CC1. The van der Waals surface area contributed by atoms with Crippen LogP contribution in [0.15, 0.2) is 54.6 Å². The van der Waals surface area contributed by atoms with Crippen LogP contribution in [0, 0.1) is 10.1 Å². The van der Waals surface area contributed by atoms with Crippen molar-refractivity contribution >= 4 is 23.4 Å². The first-order valence-electron chi connectivity index (χ1n) is 8.25. The fourth-order valence-electron chi connectivity index (χ4n) is 3.17. The predicted molar refractivity (Wildman–Crippen MR) is 95.2 cm³/mol. The van der Waals surface area contributed by atoms with Crippen LogP contribution in [0.25, 0.3) is 6.08 Å². The standard InChI is InChI=1S/C19H17N3O3/c23-19-15-6-2-3-7-16(15)20-18(21(19)14-10-11-14)12-9-13-5-1-4-8-17(13)22(24)25/h1-9,12,14,18,20H,10-11H2/b12-9+/t18-/m1/s1. The van der Waals surface area contributed by atoms with E-state index < -0.39 is 4.92 Å². The number of nitrogens with zero attached hydrogens (tertiary/aromatic N) is 2. The van der Waals surface area contributed by atoms with Gasteiger partial charge in [0, 0.05) is 17.8 Å². The largest absolute Gasteiger partial charge is 0.361 e. The normalized spacial score (nSPS) is 19.6. The first kappa shape index (κ1) is 15.4. The van der Waals surface area contributed by atoms with Gasteiger partial charge >= 0.3 is 0 Å². The second-order valence-corrected chi connectivity index (χ2v) is 6.25. The smallest absolute Gasteiger partial charge is 0.276 e. The van der Waals surface area contributed by atoms with E-state index in [4.69, 9.17) is 0 Å². The Hall–Kier alpha value is -3.15. The van der Waals surface area contributed by atoms with E-state index in [1.165, 1.54) is 6.07 Å². The first-order chi connectivity index (χ1) is 12.1. The van der Waals surface area contributed by atoms with Gasteiger partial charge in [-0.25, -0.2) is 0 Å². The van der Waals surface area contributed by atoms with Crippen molar-refractivity contribution < 1.29 is 9.72 Å². The zero-order chi connectivity index (χ0) is 17.4. The molecular formula is C19H17N3O3. The fourth-order valence-corrected chi connectivity index (χ4v) is 3.17. The van der Waals surface area contributed by atoms with Gasteiger partial charge in [0.1, 0.15) is 6.17 Å². The first-order valence-corrected chi connectivity index (χ1v) is 8.25. The Morgan fingerprint density at radius 3 is 2.60 bits per heavy atom. The molecule has 126 valence electrons. The van der Waals surface area contributed by atoms with Crippen LogP contribution in [0.4, 0.5) is 11.4 Å². The highest BCUT2D eigenvalue weighted by Gasteiger charge is 2.40. The minimum absolute atomic E-state index is 0.00839. The number of carbonyl (C=O) groups excluding carboxylic acids is 1. The zero-order valence-electron chi connectivity index (χ0n) is 13.5. The van der Waals surface area contributed by atoms with E-state index in [0.717, 1.165) is 18.5 Å². The van der Waals surface area contributed by atoms with Gasteiger partial charge in [-0.2, -0.15) is 0 Å². The molecule has 2 aliphatic rings. The van der Waals surface area contributed by atoms with Crippen LogP contribution in [0.3, 0.4) is 0 Å². The van der Waals surface area contributed by atoms with E-state index in [0.29, 0.717) is 11.1 Å². The van der Waals surface area contributed by atoms with Crippen molar-refractivity contribution in [1.29, 1.82) is 0 Å². The van der Waals surface area contributed by atoms with Crippen molar-refractivity contribution in [2.75, 3.05) is 5.32 Å². The zero-order valence-corrected chi connectivity index (χ0v) is 13.5. The third kappa shape index (κ3) is 2.87. The molecule has 0 unspecified atom stereocenters. The van der Waals surface area contributed by atoms with E-state index in [1.807, 2.05) is 35.2 Å². The van der Waals surface area contributed by atoms with Gasteiger partial charge in [0.25, 0.3) is 11.6 Å². The van der Waals surface area contributed by atoms with Crippen LogP contribution < -0.4 is 5.32 Å². The number of benzene rings is 2. The molecule has 0 aromatic heterocycles. The van der Waals surface area contributed by atoms with Gasteiger partial charge in [-0.15, -0.1) is 0 Å². The summed E-state index contributed by atoms with van der Waals surface area (Å²) in [5.41, 5.74) is 2.04. The summed E-state index contributed by atoms with van der Waals surface area (Å²) in [5, 5.41) is 14.5. The number of hydrogen-bond donors (Lipinski definition) is 1. The van der Waals surface area contributed by atoms with Crippen molar-refractivity contribution in [3.63, 3.8) is 0 Å². The summed E-state index contributed by atoms with van der Waals surface area (Å²) < 4.78 is 0. The maximum Gasteiger partial charge on any atom is 0.276 e. The molecule has 1 saturated carbocycles. The molecule has 0 bridgehead atoms. The number of fused-ring (bicyclic) bond motifs is 1. The molecule has 2 aromatic carbocycles. The molecule has 0 radical (unpaired) electrons. The summed E-state index contributed by atoms with van der Waals surface area (Å²) in [6.45, 7) is 0. The number of para-hydroxylation sites is 2. The molecule has 1 atom stereocenters. The number of amides is 1. The molecule has 0 spiro atoms. The van der Waals surface area contributed by atoms with Crippen LogP contribution in [0.1, 0.15) is 28.8 Å². The number of nitro benzene ring substituents is 1. The Bertz CT molecular complexity index is 874. The van der Waals surface area contributed by atoms with Crippen molar-refractivity contribution in [3.8, 4) is 0 Å². The van der Waals surface area contributed by atoms with Crippen LogP contribution in [0.2, 0.25) is 0 Å². The molecule has 1 fully saturated rings. The van der Waals surface area contributed by atoms with Crippen LogP contribution in [-0.2, 0) is 0 Å². The summed E-state index contributed by atoms with van der Waals surface area (Å²) >= 11 is 0. The molecule has 1 N–H and O–H groups in total. The number of carbonyl (C=O) groups is 1. The fraction of sp³-hybridized carbons (Fsp3) is 0.211. The van der Waals surface area contributed by atoms with Crippen LogP contribution in [-0.4, -0.2) is 27.9 Å². The second kappa shape index (κ2) is 6.05. The molecule has 6 heteroatoms. The third-order valence-electron chi connectivity index (χ3n) is 4.53. The lowest BCUT2D eigenvalue weighted by molar-refractivity contribution is -0.385. The van der Waals surface area contributed by atoms with E-state index in [-0.39, 0.29) is 23.8 Å². The Labute approximate surface area is 144 Å². The Morgan fingerprint density at radius 1 is 1.12 bits per heavy atom. The lowest BCUT2D eigenvalue weighted by Crippen LogP contribution is -2.48. The lowest BCUT2D eigenvalue weighted by Gasteiger charge is -2.36. The molecule has 4 rings (SSSR count). The van der Waals surface area contributed by atoms with Crippen molar-refractivity contribution in [1.82, 2.24) is 4.90 Å². The molecule has 1 amide bonds. The highest BCUT2D eigenvalue weighted by Crippen LogP contribution is 2.35. The minimum Gasteiger partial charge on any atom is -0.361 e. The molecular weight excluding hydrogens is 318 g/mol. The van der Waals surface area contributed by atoms with Gasteiger partial charge in [0.2, 0.25) is 0 Å². The number of nitrogens with one attached hydrogen (secondary N) is 1. The average molecular weight is 335 g/mol. The third-order valence-corrected chi connectivity index (χ3v) is 4.53. The van der Waals surface area contributed by atoms with Crippen LogP contribution >= 0.6 is 0 Å². The molecule has 1 aliphatic heterocycles. The maximum atomic E-state index is 12.8. The van der Waals surface area contributed by atoms with Gasteiger partial charge in [0.15, 0.2) is 0 Å². The monoisotopic (exact) mass is 335 g/mol. The number of rotatable bonds is 4. The number of anilines is 1. The maximum absolute atomic E-state index is 12.8. The molecule has 1 heterocycles. The Balaban J connectivity index is 1.67. The summed E-state index contributed by atoms with van der Waals surface area (Å²) in [5.74, 6) is 0.00839. The molecule has 0 saturated heterocycles. The Morgan fingerprint density at radius 2 is 1.84 bits per heavy atom. The average Bonchev–Trinajstić information content (AvgIpc) is 3.45. The van der Waals surface area contributed by atoms with Gasteiger partial charge in [-0.1, -0.05) is 24.3 Å². The number of hydrogen-bond acceptors (Lipinski definition) is 4. The van der Waals surface area contributed by atoms with Gasteiger partial charge in [-0.3, -0.25) is 14.9 Å².